The first kappa shape index (κ1) is 34.8. The molecule has 6 nitrogen and oxygen atoms in total. The van der Waals surface area contributed by atoms with Gasteiger partial charge in [0.25, 0.3) is 0 Å². The number of benzene rings is 6. The van der Waals surface area contributed by atoms with E-state index >= 15 is 0 Å². The Bertz CT molecular complexity index is 2160. The first-order chi connectivity index (χ1) is 26.6. The van der Waals surface area contributed by atoms with Crippen molar-refractivity contribution < 1.29 is 18.9 Å². The third-order valence-electron chi connectivity index (χ3n) is 8.60. The van der Waals surface area contributed by atoms with Gasteiger partial charge in [0.2, 0.25) is 0 Å². The second-order valence-corrected chi connectivity index (χ2v) is 12.0. The molecule has 260 valence electrons. The predicted molar refractivity (Wildman–Crippen MR) is 217 cm³/mol. The third kappa shape index (κ3) is 8.62. The molecule has 0 radical (unpaired) electrons. The molecule has 0 aromatic heterocycles. The summed E-state index contributed by atoms with van der Waals surface area (Å²) >= 11 is 0. The minimum Gasteiger partial charge on any atom is -0.481 e. The molecular weight excluding hydrogens is 669 g/mol. The van der Waals surface area contributed by atoms with Crippen LogP contribution in [0.3, 0.4) is 0 Å². The van der Waals surface area contributed by atoms with Crippen LogP contribution in [0.1, 0.15) is 0 Å². The van der Waals surface area contributed by atoms with Crippen molar-refractivity contribution in [3.8, 4) is 115 Å². The normalized spacial score (nSPS) is 12.1. The summed E-state index contributed by atoms with van der Waals surface area (Å²) < 4.78 is 23.2. The van der Waals surface area contributed by atoms with Crippen LogP contribution in [0.4, 0.5) is 11.4 Å². The van der Waals surface area contributed by atoms with E-state index in [-0.39, 0.29) is 26.4 Å². The van der Waals surface area contributed by atoms with E-state index in [1.165, 1.54) is 0 Å². The maximum absolute atomic E-state index is 6.68. The molecule has 7 aliphatic heterocycles. The zero-order valence-corrected chi connectivity index (χ0v) is 29.3. The molecule has 0 aliphatic carbocycles. The zero-order chi connectivity index (χ0) is 37.0. The molecule has 6 heteroatoms. The van der Waals surface area contributed by atoms with Gasteiger partial charge < -0.3 is 30.4 Å². The van der Waals surface area contributed by atoms with E-state index in [4.69, 9.17) is 30.4 Å². The van der Waals surface area contributed by atoms with Gasteiger partial charge >= 0.3 is 0 Å². The number of para-hydroxylation sites is 2. The van der Waals surface area contributed by atoms with E-state index in [2.05, 4.69) is 47.4 Å². The quantitative estimate of drug-likeness (QED) is 0.122. The van der Waals surface area contributed by atoms with E-state index in [0.29, 0.717) is 34.4 Å². The molecule has 0 fully saturated rings. The average Bonchev–Trinajstić information content (AvgIpc) is 3.21. The van der Waals surface area contributed by atoms with Crippen LogP contribution in [0.25, 0.3) is 44.5 Å². The standard InChI is InChI=1S/C48H34N2O4/c49-47-43-11-9-13-45(47)37-19-27-41(28-20-37)53-33-7-3-4-8-34-54-42-29-21-38(22-30-42)46-14-10-12-44(48(46)50)36-17-25-40(26-18-36)52-32-6-2-1-5-31-51-39-23-15-35(43)16-24-39/h9-30H,31-34,49-50H2. The summed E-state index contributed by atoms with van der Waals surface area (Å²) in [4.78, 5) is 0. The van der Waals surface area contributed by atoms with Gasteiger partial charge in [-0.3, -0.25) is 0 Å². The highest BCUT2D eigenvalue weighted by Crippen LogP contribution is 2.37. The Morgan fingerprint density at radius 1 is 0.315 bits per heavy atom. The first-order valence-electron chi connectivity index (χ1n) is 17.2. The Hall–Kier alpha value is -7.64. The number of hydrogen-bond acceptors (Lipinski definition) is 6. The number of nitrogen functional groups attached to an aromatic ring is 2. The Labute approximate surface area is 315 Å². The fraction of sp³-hybridized carbons (Fsp3) is 0.0833. The summed E-state index contributed by atoms with van der Waals surface area (Å²) in [6.45, 7) is 0.827. The zero-order valence-electron chi connectivity index (χ0n) is 29.3. The van der Waals surface area contributed by atoms with Gasteiger partial charge in [-0.2, -0.15) is 0 Å². The molecule has 0 saturated carbocycles. The number of nitrogens with two attached hydrogens (primary N) is 2. The molecule has 12 bridgehead atoms. The summed E-state index contributed by atoms with van der Waals surface area (Å²) in [6.07, 6.45) is 0. The number of hydrogen-bond donors (Lipinski definition) is 2. The predicted octanol–water partition coefficient (Wildman–Crippen LogP) is 8.76. The highest BCUT2D eigenvalue weighted by molar-refractivity contribution is 5.90. The van der Waals surface area contributed by atoms with Crippen LogP contribution in [0.15, 0.2) is 133 Å². The van der Waals surface area contributed by atoms with Crippen molar-refractivity contribution in [2.45, 2.75) is 0 Å². The molecule has 0 amide bonds. The van der Waals surface area contributed by atoms with Gasteiger partial charge in [0.1, 0.15) is 49.4 Å². The minimum atomic E-state index is 0.207. The van der Waals surface area contributed by atoms with Crippen molar-refractivity contribution in [2.24, 2.45) is 0 Å². The van der Waals surface area contributed by atoms with Gasteiger partial charge in [-0.15, -0.1) is 0 Å². The SMILES string of the molecule is Nc1c2cccc1-c1ccc(cc1)OCC#CC#CCOc1ccc(cc1)-c1cccc(c1N)-c1ccc(cc1)OCC#CC#CCOc1ccc-2cc1. The second kappa shape index (κ2) is 17.0. The monoisotopic (exact) mass is 702 g/mol. The molecule has 13 rings (SSSR count). The molecule has 7 aliphatic rings. The molecular formula is C48H34N2O4. The van der Waals surface area contributed by atoms with Crippen LogP contribution < -0.4 is 30.4 Å². The smallest absolute Gasteiger partial charge is 0.150 e. The topological polar surface area (TPSA) is 89.0 Å². The fourth-order valence-electron chi connectivity index (χ4n) is 5.86. The van der Waals surface area contributed by atoms with E-state index in [9.17, 15) is 0 Å². The fourth-order valence-corrected chi connectivity index (χ4v) is 5.86. The van der Waals surface area contributed by atoms with E-state index < -0.39 is 0 Å². The highest BCUT2D eigenvalue weighted by atomic mass is 16.5. The van der Waals surface area contributed by atoms with Crippen molar-refractivity contribution >= 4 is 11.4 Å². The average molecular weight is 703 g/mol. The van der Waals surface area contributed by atoms with Crippen LogP contribution in [0.5, 0.6) is 23.0 Å². The lowest BCUT2D eigenvalue weighted by Gasteiger charge is -2.13. The van der Waals surface area contributed by atoms with Gasteiger partial charge in [0.05, 0.1) is 0 Å². The van der Waals surface area contributed by atoms with Crippen molar-refractivity contribution in [1.29, 1.82) is 0 Å². The number of ether oxygens (including phenoxy) is 4. The molecule has 4 N–H and O–H groups in total. The van der Waals surface area contributed by atoms with Crippen LogP contribution in [0, 0.1) is 47.4 Å². The summed E-state index contributed by atoms with van der Waals surface area (Å²) in [5.41, 5.74) is 22.4. The Balaban J connectivity index is 1.08. The molecule has 6 aromatic rings. The molecule has 0 unspecified atom stereocenters. The van der Waals surface area contributed by atoms with Gasteiger partial charge in [-0.25, -0.2) is 0 Å². The maximum Gasteiger partial charge on any atom is 0.150 e. The summed E-state index contributed by atoms with van der Waals surface area (Å²) in [7, 11) is 0. The maximum atomic E-state index is 6.68. The lowest BCUT2D eigenvalue weighted by molar-refractivity contribution is 0.370. The Morgan fingerprint density at radius 2 is 0.537 bits per heavy atom. The summed E-state index contributed by atoms with van der Waals surface area (Å²) in [5, 5.41) is 0. The summed E-state index contributed by atoms with van der Waals surface area (Å²) in [5.74, 6) is 25.8. The summed E-state index contributed by atoms with van der Waals surface area (Å²) in [6, 6.07) is 43.1. The Kier molecular flexibility index (Phi) is 11.0. The Morgan fingerprint density at radius 3 is 0.759 bits per heavy atom. The molecule has 0 saturated heterocycles. The van der Waals surface area contributed by atoms with Crippen molar-refractivity contribution in [2.75, 3.05) is 37.9 Å². The van der Waals surface area contributed by atoms with Crippen LogP contribution in [-0.4, -0.2) is 26.4 Å². The van der Waals surface area contributed by atoms with E-state index in [1.807, 2.05) is 133 Å². The van der Waals surface area contributed by atoms with Gasteiger partial charge in [0, 0.05) is 33.6 Å². The molecule has 7 heterocycles. The van der Waals surface area contributed by atoms with Crippen molar-refractivity contribution in [3.63, 3.8) is 0 Å². The van der Waals surface area contributed by atoms with Crippen molar-refractivity contribution in [1.82, 2.24) is 0 Å². The third-order valence-corrected chi connectivity index (χ3v) is 8.60. The van der Waals surface area contributed by atoms with Crippen LogP contribution >= 0.6 is 0 Å². The van der Waals surface area contributed by atoms with E-state index in [1.54, 1.807) is 0 Å². The molecule has 0 atom stereocenters. The van der Waals surface area contributed by atoms with Crippen molar-refractivity contribution in [3.05, 3.63) is 133 Å². The van der Waals surface area contributed by atoms with Gasteiger partial charge in [0.15, 0.2) is 0 Å². The number of rotatable bonds is 0. The van der Waals surface area contributed by atoms with E-state index in [0.717, 1.165) is 44.5 Å². The second-order valence-electron chi connectivity index (χ2n) is 12.0. The van der Waals surface area contributed by atoms with Gasteiger partial charge in [-0.1, -0.05) is 84.9 Å². The lowest BCUT2D eigenvalue weighted by atomic mass is 9.96. The minimum absolute atomic E-state index is 0.207. The lowest BCUT2D eigenvalue weighted by Crippen LogP contribution is -1.97. The molecule has 54 heavy (non-hydrogen) atoms. The first-order valence-corrected chi connectivity index (χ1v) is 17.2. The van der Waals surface area contributed by atoms with Crippen LogP contribution in [0.2, 0.25) is 0 Å². The van der Waals surface area contributed by atoms with Gasteiger partial charge in [-0.05, 0) is 118 Å². The largest absolute Gasteiger partial charge is 0.481 e. The molecule has 0 spiro atoms. The number of anilines is 2. The van der Waals surface area contributed by atoms with Crippen LogP contribution in [-0.2, 0) is 0 Å². The highest BCUT2D eigenvalue weighted by Gasteiger charge is 2.11. The molecule has 6 aromatic carbocycles.